The van der Waals surface area contributed by atoms with Crippen molar-refractivity contribution >= 4 is 22.9 Å². The molecule has 1 N–H and O–H groups in total. The molecule has 2 unspecified atom stereocenters. The number of aliphatic carboxylic acids is 1. The second-order valence-corrected chi connectivity index (χ2v) is 8.97. The lowest BCUT2D eigenvalue weighted by atomic mass is 9.99. The Labute approximate surface area is 175 Å². The van der Waals surface area contributed by atoms with Crippen LogP contribution >= 0.6 is 0 Å². The Hall–Kier alpha value is -2.29. The molecule has 1 aliphatic carbocycles. The van der Waals surface area contributed by atoms with Crippen molar-refractivity contribution in [3.8, 4) is 0 Å². The number of nitrogens with zero attached hydrogens (tertiary/aromatic N) is 1. The van der Waals surface area contributed by atoms with E-state index in [1.54, 1.807) is 16.4 Å². The fourth-order valence-electron chi connectivity index (χ4n) is 4.03. The first-order valence-electron chi connectivity index (χ1n) is 9.63. The van der Waals surface area contributed by atoms with E-state index < -0.39 is 35.0 Å². The van der Waals surface area contributed by atoms with Crippen molar-refractivity contribution in [1.82, 2.24) is 4.31 Å². The normalized spacial score (nSPS) is 20.5. The van der Waals surface area contributed by atoms with Gasteiger partial charge in [0.1, 0.15) is 0 Å². The molecule has 0 fully saturated rings. The third kappa shape index (κ3) is 4.12. The van der Waals surface area contributed by atoms with Crippen LogP contribution in [0.5, 0.6) is 0 Å². The maximum Gasteiger partial charge on any atom is 0.416 e. The van der Waals surface area contributed by atoms with Crippen molar-refractivity contribution in [1.29, 1.82) is 0 Å². The molecule has 2 aromatic carbocycles. The molecule has 0 saturated carbocycles. The molecule has 2 aliphatic rings. The van der Waals surface area contributed by atoms with Gasteiger partial charge in [-0.2, -0.15) is 13.2 Å². The fraction of sp³-hybridized carbons (Fsp3) is 0.318. The highest BCUT2D eigenvalue weighted by Crippen LogP contribution is 2.36. The Morgan fingerprint density at radius 3 is 2.47 bits per heavy atom. The van der Waals surface area contributed by atoms with Gasteiger partial charge in [-0.3, -0.25) is 4.79 Å². The molecule has 0 spiro atoms. The van der Waals surface area contributed by atoms with Gasteiger partial charge in [-0.25, -0.2) is 0 Å². The van der Waals surface area contributed by atoms with Gasteiger partial charge in [0, 0.05) is 6.54 Å². The van der Waals surface area contributed by atoms with Crippen LogP contribution in [0.4, 0.5) is 13.2 Å². The zero-order valence-corrected chi connectivity index (χ0v) is 16.8. The van der Waals surface area contributed by atoms with Crippen molar-refractivity contribution in [2.24, 2.45) is 0 Å². The zero-order valence-electron chi connectivity index (χ0n) is 16.0. The van der Waals surface area contributed by atoms with E-state index in [9.17, 15) is 27.6 Å². The number of hydrogen-bond acceptors (Lipinski definition) is 3. The van der Waals surface area contributed by atoms with Crippen LogP contribution < -0.4 is 0 Å². The molecule has 0 saturated heterocycles. The molecule has 1 aliphatic heterocycles. The molecule has 158 valence electrons. The van der Waals surface area contributed by atoms with Gasteiger partial charge in [-0.05, 0) is 65.8 Å². The molecule has 1 heterocycles. The summed E-state index contributed by atoms with van der Waals surface area (Å²) in [6, 6.07) is 10.5. The molecular weight excluding hydrogens is 415 g/mol. The highest BCUT2D eigenvalue weighted by atomic mass is 32.2. The number of benzene rings is 2. The monoisotopic (exact) mass is 435 g/mol. The van der Waals surface area contributed by atoms with Gasteiger partial charge in [-0.15, -0.1) is 4.31 Å². The number of rotatable bonds is 4. The van der Waals surface area contributed by atoms with Crippen LogP contribution in [0.25, 0.3) is 5.57 Å². The molecule has 2 aromatic rings. The van der Waals surface area contributed by atoms with Crippen LogP contribution in [0, 0.1) is 0 Å². The predicted molar refractivity (Wildman–Crippen MR) is 107 cm³/mol. The maximum atomic E-state index is 13.0. The molecule has 0 aromatic heterocycles. The number of hydrogen-bond donors (Lipinski definition) is 1. The van der Waals surface area contributed by atoms with Gasteiger partial charge in [0.2, 0.25) is 0 Å². The van der Waals surface area contributed by atoms with E-state index in [1.165, 1.54) is 12.1 Å². The zero-order chi connectivity index (χ0) is 21.5. The van der Waals surface area contributed by atoms with Crippen molar-refractivity contribution in [2.45, 2.75) is 36.3 Å². The molecule has 4 rings (SSSR count). The first-order valence-corrected chi connectivity index (χ1v) is 10.7. The number of carboxylic acid groups (broad SMARTS) is 1. The minimum atomic E-state index is -4.36. The topological polar surface area (TPSA) is 63.6 Å². The highest BCUT2D eigenvalue weighted by Gasteiger charge is 2.32. The van der Waals surface area contributed by atoms with E-state index in [-0.39, 0.29) is 0 Å². The number of alkyl halides is 3. The third-order valence-corrected chi connectivity index (χ3v) is 7.14. The second-order valence-electron chi connectivity index (χ2n) is 7.48. The summed E-state index contributed by atoms with van der Waals surface area (Å²) >= 11 is -1.43. The van der Waals surface area contributed by atoms with Crippen LogP contribution in [-0.4, -0.2) is 33.0 Å². The van der Waals surface area contributed by atoms with Crippen LogP contribution in [0.3, 0.4) is 0 Å². The SMILES string of the molecule is O=C(O)C1CCc2ccc([S+]([O-])N3CC=C(c4ccc(C(F)(F)F)cc4)CC3)cc21. The Morgan fingerprint density at radius 1 is 1.13 bits per heavy atom. The third-order valence-electron chi connectivity index (χ3n) is 5.68. The first kappa shape index (κ1) is 21.0. The van der Waals surface area contributed by atoms with Crippen LogP contribution in [-0.2, 0) is 28.8 Å². The van der Waals surface area contributed by atoms with Gasteiger partial charge in [0.05, 0.1) is 29.4 Å². The van der Waals surface area contributed by atoms with E-state index in [2.05, 4.69) is 0 Å². The van der Waals surface area contributed by atoms with Gasteiger partial charge >= 0.3 is 12.1 Å². The van der Waals surface area contributed by atoms with E-state index in [0.29, 0.717) is 37.2 Å². The highest BCUT2D eigenvalue weighted by molar-refractivity contribution is 7.89. The van der Waals surface area contributed by atoms with E-state index in [1.807, 2.05) is 12.1 Å². The Morgan fingerprint density at radius 2 is 1.87 bits per heavy atom. The predicted octanol–water partition coefficient (Wildman–Crippen LogP) is 4.63. The van der Waals surface area contributed by atoms with Crippen LogP contribution in [0.1, 0.15) is 41.0 Å². The summed E-state index contributed by atoms with van der Waals surface area (Å²) in [7, 11) is 0. The number of fused-ring (bicyclic) bond motifs is 1. The molecule has 2 atom stereocenters. The lowest BCUT2D eigenvalue weighted by Crippen LogP contribution is -2.34. The lowest BCUT2D eigenvalue weighted by molar-refractivity contribution is -0.139. The fourth-order valence-corrected chi connectivity index (χ4v) is 5.21. The Balaban J connectivity index is 1.47. The number of carboxylic acids is 1. The van der Waals surface area contributed by atoms with Crippen molar-refractivity contribution in [3.63, 3.8) is 0 Å². The van der Waals surface area contributed by atoms with Crippen molar-refractivity contribution in [2.75, 3.05) is 13.1 Å². The number of carbonyl (C=O) groups is 1. The maximum absolute atomic E-state index is 13.0. The average Bonchev–Trinajstić information content (AvgIpc) is 3.16. The second kappa shape index (κ2) is 8.09. The molecular formula is C22H20F3NO3S. The molecule has 0 bridgehead atoms. The number of aryl methyl sites for hydroxylation is 1. The minimum Gasteiger partial charge on any atom is -0.593 e. The smallest absolute Gasteiger partial charge is 0.416 e. The van der Waals surface area contributed by atoms with Crippen molar-refractivity contribution in [3.05, 3.63) is 70.8 Å². The summed E-state index contributed by atoms with van der Waals surface area (Å²) in [5.41, 5.74) is 2.71. The molecule has 8 heteroatoms. The Kier molecular flexibility index (Phi) is 5.65. The first-order chi connectivity index (χ1) is 14.2. The van der Waals surface area contributed by atoms with Gasteiger partial charge < -0.3 is 9.66 Å². The average molecular weight is 435 g/mol. The molecule has 0 radical (unpaired) electrons. The minimum absolute atomic E-state index is 0.405. The van der Waals surface area contributed by atoms with Gasteiger partial charge in [-0.1, -0.05) is 24.3 Å². The van der Waals surface area contributed by atoms with E-state index in [0.717, 1.165) is 34.4 Å². The van der Waals surface area contributed by atoms with Crippen molar-refractivity contribution < 1.29 is 27.6 Å². The number of halogens is 3. The Bertz CT molecular complexity index is 988. The summed E-state index contributed by atoms with van der Waals surface area (Å²) in [5.74, 6) is -1.41. The van der Waals surface area contributed by atoms with Crippen LogP contribution in [0.15, 0.2) is 53.4 Å². The summed E-state index contributed by atoms with van der Waals surface area (Å²) in [6.45, 7) is 0.904. The standard InChI is InChI=1S/C22H20F3NO3S/c23-22(24,25)17-5-1-14(2-6-17)15-9-11-26(12-10-15)30(29)18-7-3-16-4-8-19(21(27)28)20(16)13-18/h1-3,5-7,9,13,19H,4,8,10-12H2,(H,27,28). The molecule has 0 amide bonds. The quantitative estimate of drug-likeness (QED) is 0.712. The van der Waals surface area contributed by atoms with E-state index >= 15 is 0 Å². The summed E-state index contributed by atoms with van der Waals surface area (Å²) in [4.78, 5) is 12.0. The molecule has 30 heavy (non-hydrogen) atoms. The van der Waals surface area contributed by atoms with Gasteiger partial charge in [0.15, 0.2) is 4.90 Å². The summed E-state index contributed by atoms with van der Waals surface area (Å²) < 4.78 is 53.0. The lowest BCUT2D eigenvalue weighted by Gasteiger charge is -2.27. The molecule has 4 nitrogen and oxygen atoms in total. The summed E-state index contributed by atoms with van der Waals surface area (Å²) in [5, 5.41) is 9.38. The van der Waals surface area contributed by atoms with Gasteiger partial charge in [0.25, 0.3) is 0 Å². The summed E-state index contributed by atoms with van der Waals surface area (Å²) in [6.07, 6.45) is -0.633. The van der Waals surface area contributed by atoms with E-state index in [4.69, 9.17) is 0 Å². The van der Waals surface area contributed by atoms with Crippen LogP contribution in [0.2, 0.25) is 0 Å². The largest absolute Gasteiger partial charge is 0.593 e.